The molecule has 5 rings (SSSR count). The second-order valence-corrected chi connectivity index (χ2v) is 8.59. The van der Waals surface area contributed by atoms with Crippen LogP contribution in [0.2, 0.25) is 0 Å². The molecule has 6 nitrogen and oxygen atoms in total. The normalized spacial score (nSPS) is 13.8. The van der Waals surface area contributed by atoms with Gasteiger partial charge in [0.2, 0.25) is 0 Å². The molecule has 0 aliphatic carbocycles. The van der Waals surface area contributed by atoms with Gasteiger partial charge in [0.15, 0.2) is 5.82 Å². The number of fused-ring (bicyclic) bond motifs is 1. The SMILES string of the molecule is Cc1cc(CN2CCc3nc(-c4ccc(N)cc4)ncc3C2)c(C)n1Cc1cccnc1. The summed E-state index contributed by atoms with van der Waals surface area (Å²) < 4.78 is 2.38. The highest BCUT2D eigenvalue weighted by molar-refractivity contribution is 5.58. The van der Waals surface area contributed by atoms with E-state index in [1.54, 1.807) is 0 Å². The van der Waals surface area contributed by atoms with Crippen molar-refractivity contribution in [3.05, 3.63) is 94.8 Å². The number of rotatable bonds is 5. The molecule has 0 unspecified atom stereocenters. The second kappa shape index (κ2) is 8.55. The average molecular weight is 425 g/mol. The zero-order valence-corrected chi connectivity index (χ0v) is 18.6. The molecule has 3 aromatic heterocycles. The van der Waals surface area contributed by atoms with Gasteiger partial charge < -0.3 is 10.3 Å². The van der Waals surface area contributed by atoms with E-state index in [0.29, 0.717) is 0 Å². The van der Waals surface area contributed by atoms with E-state index in [0.717, 1.165) is 55.4 Å². The molecular weight excluding hydrogens is 396 g/mol. The molecule has 0 radical (unpaired) electrons. The Morgan fingerprint density at radius 1 is 1.03 bits per heavy atom. The van der Waals surface area contributed by atoms with E-state index < -0.39 is 0 Å². The Labute approximate surface area is 188 Å². The van der Waals surface area contributed by atoms with Gasteiger partial charge >= 0.3 is 0 Å². The lowest BCUT2D eigenvalue weighted by Gasteiger charge is -2.28. The second-order valence-electron chi connectivity index (χ2n) is 8.59. The van der Waals surface area contributed by atoms with Gasteiger partial charge in [-0.1, -0.05) is 6.07 Å². The van der Waals surface area contributed by atoms with Crippen LogP contribution in [0.25, 0.3) is 11.4 Å². The Morgan fingerprint density at radius 3 is 2.66 bits per heavy atom. The molecule has 0 saturated carbocycles. The first-order valence-electron chi connectivity index (χ1n) is 11.0. The summed E-state index contributed by atoms with van der Waals surface area (Å²) in [5, 5.41) is 0. The number of nitrogen functional groups attached to an aromatic ring is 1. The Balaban J connectivity index is 1.30. The minimum absolute atomic E-state index is 0.752. The van der Waals surface area contributed by atoms with E-state index in [-0.39, 0.29) is 0 Å². The fraction of sp³-hybridized carbons (Fsp3) is 0.269. The zero-order valence-electron chi connectivity index (χ0n) is 18.6. The van der Waals surface area contributed by atoms with Gasteiger partial charge in [-0.2, -0.15) is 0 Å². The van der Waals surface area contributed by atoms with Crippen molar-refractivity contribution in [1.29, 1.82) is 0 Å². The highest BCUT2D eigenvalue weighted by Crippen LogP contribution is 2.25. The van der Waals surface area contributed by atoms with Crippen molar-refractivity contribution in [3.63, 3.8) is 0 Å². The van der Waals surface area contributed by atoms with Crippen LogP contribution in [0, 0.1) is 13.8 Å². The molecule has 0 atom stereocenters. The standard InChI is InChI=1S/C26H28N6/c1-18-12-22(19(2)32(18)15-20-4-3-10-28-13-20)16-31-11-9-25-23(17-31)14-29-26(30-25)21-5-7-24(27)8-6-21/h3-8,10,12-14H,9,11,15-17,27H2,1-2H3. The number of hydrogen-bond acceptors (Lipinski definition) is 5. The molecule has 1 aliphatic rings. The van der Waals surface area contributed by atoms with Crippen LogP contribution in [0.15, 0.2) is 61.1 Å². The molecule has 1 aliphatic heterocycles. The maximum atomic E-state index is 5.80. The fourth-order valence-corrected chi connectivity index (χ4v) is 4.47. The summed E-state index contributed by atoms with van der Waals surface area (Å²) in [6, 6.07) is 14.2. The highest BCUT2D eigenvalue weighted by Gasteiger charge is 2.21. The molecule has 4 aromatic rings. The number of nitrogens with zero attached hydrogens (tertiary/aromatic N) is 5. The maximum absolute atomic E-state index is 5.80. The molecule has 0 saturated heterocycles. The molecule has 32 heavy (non-hydrogen) atoms. The largest absolute Gasteiger partial charge is 0.399 e. The van der Waals surface area contributed by atoms with Crippen molar-refractivity contribution in [1.82, 2.24) is 24.4 Å². The minimum atomic E-state index is 0.752. The first-order valence-corrected chi connectivity index (χ1v) is 11.0. The third-order valence-electron chi connectivity index (χ3n) is 6.32. The zero-order chi connectivity index (χ0) is 22.1. The molecule has 162 valence electrons. The topological polar surface area (TPSA) is 72.9 Å². The monoisotopic (exact) mass is 424 g/mol. The summed E-state index contributed by atoms with van der Waals surface area (Å²) in [4.78, 5) is 16.2. The molecule has 0 spiro atoms. The highest BCUT2D eigenvalue weighted by atomic mass is 15.1. The van der Waals surface area contributed by atoms with E-state index in [2.05, 4.69) is 45.4 Å². The summed E-state index contributed by atoms with van der Waals surface area (Å²) >= 11 is 0. The van der Waals surface area contributed by atoms with Crippen LogP contribution < -0.4 is 5.73 Å². The first-order chi connectivity index (χ1) is 15.6. The van der Waals surface area contributed by atoms with Crippen LogP contribution in [0.3, 0.4) is 0 Å². The lowest BCUT2D eigenvalue weighted by molar-refractivity contribution is 0.242. The van der Waals surface area contributed by atoms with Gasteiger partial charge in [0.25, 0.3) is 0 Å². The lowest BCUT2D eigenvalue weighted by atomic mass is 10.1. The molecule has 0 fully saturated rings. The molecule has 2 N–H and O–H groups in total. The summed E-state index contributed by atoms with van der Waals surface area (Å²) in [7, 11) is 0. The van der Waals surface area contributed by atoms with Crippen LogP contribution >= 0.6 is 0 Å². The number of aryl methyl sites for hydroxylation is 1. The van der Waals surface area contributed by atoms with Gasteiger partial charge in [-0.25, -0.2) is 9.97 Å². The van der Waals surface area contributed by atoms with E-state index in [1.165, 1.54) is 28.1 Å². The van der Waals surface area contributed by atoms with E-state index >= 15 is 0 Å². The Hall–Kier alpha value is -3.51. The third kappa shape index (κ3) is 4.14. The van der Waals surface area contributed by atoms with Crippen LogP contribution in [0.5, 0.6) is 0 Å². The number of hydrogen-bond donors (Lipinski definition) is 1. The Morgan fingerprint density at radius 2 is 1.88 bits per heavy atom. The number of aromatic nitrogens is 4. The van der Waals surface area contributed by atoms with Gasteiger partial charge in [0.05, 0.1) is 5.69 Å². The fourth-order valence-electron chi connectivity index (χ4n) is 4.47. The number of anilines is 1. The summed E-state index contributed by atoms with van der Waals surface area (Å²) in [6.07, 6.45) is 6.69. The molecule has 4 heterocycles. The van der Waals surface area contributed by atoms with Crippen LogP contribution in [-0.2, 0) is 26.1 Å². The van der Waals surface area contributed by atoms with Crippen molar-refractivity contribution >= 4 is 5.69 Å². The number of benzene rings is 1. The lowest BCUT2D eigenvalue weighted by Crippen LogP contribution is -2.31. The molecule has 1 aromatic carbocycles. The predicted molar refractivity (Wildman–Crippen MR) is 127 cm³/mol. The van der Waals surface area contributed by atoms with Gasteiger partial charge in [-0.15, -0.1) is 0 Å². The maximum Gasteiger partial charge on any atom is 0.159 e. The number of pyridine rings is 1. The summed E-state index contributed by atoms with van der Waals surface area (Å²) in [5.41, 5.74) is 15.2. The van der Waals surface area contributed by atoms with E-state index in [9.17, 15) is 0 Å². The van der Waals surface area contributed by atoms with Gasteiger partial charge in [-0.3, -0.25) is 9.88 Å². The van der Waals surface area contributed by atoms with Crippen LogP contribution in [0.1, 0.15) is 33.8 Å². The van der Waals surface area contributed by atoms with Crippen molar-refractivity contribution in [2.24, 2.45) is 0 Å². The van der Waals surface area contributed by atoms with E-state index in [4.69, 9.17) is 10.7 Å². The van der Waals surface area contributed by atoms with Crippen molar-refractivity contribution < 1.29 is 0 Å². The first kappa shape index (κ1) is 20.4. The quantitative estimate of drug-likeness (QED) is 0.487. The van der Waals surface area contributed by atoms with E-state index in [1.807, 2.05) is 48.9 Å². The molecule has 0 bridgehead atoms. The minimum Gasteiger partial charge on any atom is -0.399 e. The Kier molecular flexibility index (Phi) is 5.45. The van der Waals surface area contributed by atoms with Crippen molar-refractivity contribution in [3.8, 4) is 11.4 Å². The van der Waals surface area contributed by atoms with Crippen LogP contribution in [0.4, 0.5) is 5.69 Å². The predicted octanol–water partition coefficient (Wildman–Crippen LogP) is 4.15. The molecule has 6 heteroatoms. The summed E-state index contributed by atoms with van der Waals surface area (Å²) in [5.74, 6) is 0.774. The van der Waals surface area contributed by atoms with Crippen LogP contribution in [-0.4, -0.2) is 31.0 Å². The molecule has 0 amide bonds. The number of nitrogens with two attached hydrogens (primary N) is 1. The Bertz CT molecular complexity index is 1230. The third-order valence-corrected chi connectivity index (χ3v) is 6.32. The summed E-state index contributed by atoms with van der Waals surface area (Å²) in [6.45, 7) is 8.08. The van der Waals surface area contributed by atoms with Gasteiger partial charge in [0.1, 0.15) is 0 Å². The average Bonchev–Trinajstić information content (AvgIpc) is 3.07. The van der Waals surface area contributed by atoms with Crippen molar-refractivity contribution in [2.75, 3.05) is 12.3 Å². The molecular formula is C26H28N6. The van der Waals surface area contributed by atoms with Gasteiger partial charge in [-0.05, 0) is 61.4 Å². The van der Waals surface area contributed by atoms with Gasteiger partial charge in [0, 0.05) is 79.4 Å². The smallest absolute Gasteiger partial charge is 0.159 e. The van der Waals surface area contributed by atoms with Crippen molar-refractivity contribution in [2.45, 2.75) is 39.9 Å².